The van der Waals surface area contributed by atoms with Crippen LogP contribution in [0.5, 0.6) is 0 Å². The summed E-state index contributed by atoms with van der Waals surface area (Å²) in [6.07, 6.45) is 3.20. The van der Waals surface area contributed by atoms with E-state index >= 15 is 0 Å². The lowest BCUT2D eigenvalue weighted by atomic mass is 10.0. The quantitative estimate of drug-likeness (QED) is 0.421. The fourth-order valence-electron chi connectivity index (χ4n) is 2.19. The summed E-state index contributed by atoms with van der Waals surface area (Å²) < 4.78 is 0. The maximum absolute atomic E-state index is 11.1. The van der Waals surface area contributed by atoms with Crippen molar-refractivity contribution in [3.63, 3.8) is 0 Å². The molecule has 0 aliphatic rings. The molecule has 104 valence electrons. The standard InChI is InChI=1S/C14H9ClN4O2/c15-14-13(19(20)21)12(17-8-18-14)7-9-5-6-16-11-4-2-1-3-10(9)11/h1-6,8H,7H2. The van der Waals surface area contributed by atoms with E-state index < -0.39 is 4.92 Å². The summed E-state index contributed by atoms with van der Waals surface area (Å²) >= 11 is 5.80. The van der Waals surface area contributed by atoms with Gasteiger partial charge in [-0.1, -0.05) is 29.8 Å². The molecule has 0 fully saturated rings. The Morgan fingerprint density at radius 1 is 1.14 bits per heavy atom. The molecule has 0 atom stereocenters. The van der Waals surface area contributed by atoms with E-state index in [9.17, 15) is 10.1 Å². The zero-order chi connectivity index (χ0) is 14.8. The third kappa shape index (κ3) is 2.53. The van der Waals surface area contributed by atoms with E-state index in [0.29, 0.717) is 6.42 Å². The minimum atomic E-state index is -0.555. The number of halogens is 1. The van der Waals surface area contributed by atoms with Crippen molar-refractivity contribution in [3.8, 4) is 0 Å². The van der Waals surface area contributed by atoms with Gasteiger partial charge in [-0.3, -0.25) is 15.1 Å². The normalized spacial score (nSPS) is 10.7. The van der Waals surface area contributed by atoms with Crippen LogP contribution in [0.25, 0.3) is 10.9 Å². The summed E-state index contributed by atoms with van der Waals surface area (Å²) in [4.78, 5) is 22.5. The Balaban J connectivity index is 2.12. The molecule has 3 aromatic rings. The van der Waals surface area contributed by atoms with Gasteiger partial charge in [0.25, 0.3) is 0 Å². The molecule has 2 aromatic heterocycles. The van der Waals surface area contributed by atoms with Crippen molar-refractivity contribution in [2.24, 2.45) is 0 Å². The number of aromatic nitrogens is 3. The van der Waals surface area contributed by atoms with Gasteiger partial charge < -0.3 is 0 Å². The van der Waals surface area contributed by atoms with Crippen LogP contribution in [0.3, 0.4) is 0 Å². The molecule has 6 nitrogen and oxygen atoms in total. The molecular formula is C14H9ClN4O2. The minimum Gasteiger partial charge on any atom is -0.258 e. The first-order chi connectivity index (χ1) is 10.2. The molecule has 0 unspecified atom stereocenters. The Morgan fingerprint density at radius 2 is 1.95 bits per heavy atom. The van der Waals surface area contributed by atoms with Crippen LogP contribution >= 0.6 is 11.6 Å². The molecule has 21 heavy (non-hydrogen) atoms. The number of rotatable bonds is 3. The SMILES string of the molecule is O=[N+]([O-])c1c(Cl)ncnc1Cc1ccnc2ccccc12. The van der Waals surface area contributed by atoms with Gasteiger partial charge in [-0.25, -0.2) is 9.97 Å². The molecular weight excluding hydrogens is 292 g/mol. The third-order valence-corrected chi connectivity index (χ3v) is 3.41. The van der Waals surface area contributed by atoms with Crippen molar-refractivity contribution in [2.75, 3.05) is 0 Å². The van der Waals surface area contributed by atoms with Gasteiger partial charge in [0.05, 0.1) is 10.4 Å². The zero-order valence-electron chi connectivity index (χ0n) is 10.7. The van der Waals surface area contributed by atoms with Crippen molar-refractivity contribution in [1.29, 1.82) is 0 Å². The van der Waals surface area contributed by atoms with Gasteiger partial charge in [0, 0.05) is 18.0 Å². The van der Waals surface area contributed by atoms with Crippen LogP contribution < -0.4 is 0 Å². The number of fused-ring (bicyclic) bond motifs is 1. The van der Waals surface area contributed by atoms with Gasteiger partial charge in [-0.05, 0) is 17.7 Å². The molecule has 0 aliphatic carbocycles. The lowest BCUT2D eigenvalue weighted by Gasteiger charge is -2.06. The average Bonchev–Trinajstić information content (AvgIpc) is 2.47. The smallest absolute Gasteiger partial charge is 0.258 e. The molecule has 0 N–H and O–H groups in total. The summed E-state index contributed by atoms with van der Waals surface area (Å²) in [7, 11) is 0. The summed E-state index contributed by atoms with van der Waals surface area (Å²) in [5, 5.41) is 11.9. The third-order valence-electron chi connectivity index (χ3n) is 3.13. The first kappa shape index (κ1) is 13.4. The van der Waals surface area contributed by atoms with Crippen molar-refractivity contribution < 1.29 is 4.92 Å². The number of hydrogen-bond donors (Lipinski definition) is 0. The zero-order valence-corrected chi connectivity index (χ0v) is 11.5. The molecule has 3 rings (SSSR count). The van der Waals surface area contributed by atoms with Crippen LogP contribution in [-0.2, 0) is 6.42 Å². The first-order valence-corrected chi connectivity index (χ1v) is 6.51. The number of pyridine rings is 1. The number of nitrogens with zero attached hydrogens (tertiary/aromatic N) is 4. The van der Waals surface area contributed by atoms with Crippen LogP contribution in [0.4, 0.5) is 5.69 Å². The van der Waals surface area contributed by atoms with E-state index in [1.54, 1.807) is 6.20 Å². The van der Waals surface area contributed by atoms with Gasteiger partial charge >= 0.3 is 5.69 Å². The number of hydrogen-bond acceptors (Lipinski definition) is 5. The van der Waals surface area contributed by atoms with Crippen LogP contribution in [-0.4, -0.2) is 19.9 Å². The first-order valence-electron chi connectivity index (χ1n) is 6.13. The van der Waals surface area contributed by atoms with Gasteiger partial charge in [0.1, 0.15) is 12.0 Å². The molecule has 7 heteroatoms. The maximum Gasteiger partial charge on any atom is 0.328 e. The number of nitro groups is 1. The van der Waals surface area contributed by atoms with E-state index in [1.807, 2.05) is 30.3 Å². The second kappa shape index (κ2) is 5.41. The number of benzene rings is 1. The molecule has 2 heterocycles. The summed E-state index contributed by atoms with van der Waals surface area (Å²) in [6.45, 7) is 0. The van der Waals surface area contributed by atoms with Crippen LogP contribution in [0.2, 0.25) is 5.15 Å². The predicted molar refractivity (Wildman–Crippen MR) is 78.2 cm³/mol. The molecule has 0 amide bonds. The predicted octanol–water partition coefficient (Wildman–Crippen LogP) is 3.18. The van der Waals surface area contributed by atoms with Gasteiger partial charge in [0.15, 0.2) is 0 Å². The molecule has 1 aromatic carbocycles. The summed E-state index contributed by atoms with van der Waals surface area (Å²) in [6, 6.07) is 9.42. The number of para-hydroxylation sites is 1. The van der Waals surface area contributed by atoms with E-state index in [2.05, 4.69) is 15.0 Å². The van der Waals surface area contributed by atoms with Crippen molar-refractivity contribution in [3.05, 3.63) is 69.4 Å². The van der Waals surface area contributed by atoms with Gasteiger partial charge in [-0.15, -0.1) is 0 Å². The molecule has 0 saturated heterocycles. The second-order valence-electron chi connectivity index (χ2n) is 4.38. The van der Waals surface area contributed by atoms with Crippen molar-refractivity contribution >= 4 is 28.2 Å². The topological polar surface area (TPSA) is 81.8 Å². The highest BCUT2D eigenvalue weighted by Crippen LogP contribution is 2.27. The second-order valence-corrected chi connectivity index (χ2v) is 4.74. The summed E-state index contributed by atoms with van der Waals surface area (Å²) in [5.41, 5.74) is 1.77. The molecule has 0 spiro atoms. The Labute approximate surface area is 124 Å². The van der Waals surface area contributed by atoms with Crippen LogP contribution in [0, 0.1) is 10.1 Å². The maximum atomic E-state index is 11.1. The van der Waals surface area contributed by atoms with Gasteiger partial charge in [0.2, 0.25) is 5.15 Å². The van der Waals surface area contributed by atoms with E-state index in [1.165, 1.54) is 6.33 Å². The van der Waals surface area contributed by atoms with E-state index in [-0.39, 0.29) is 16.5 Å². The van der Waals surface area contributed by atoms with Crippen LogP contribution in [0.15, 0.2) is 42.9 Å². The van der Waals surface area contributed by atoms with Crippen molar-refractivity contribution in [2.45, 2.75) is 6.42 Å². The molecule has 0 aliphatic heterocycles. The molecule has 0 bridgehead atoms. The minimum absolute atomic E-state index is 0.150. The van der Waals surface area contributed by atoms with Crippen molar-refractivity contribution in [1.82, 2.24) is 15.0 Å². The fraction of sp³-hybridized carbons (Fsp3) is 0.0714. The molecule has 0 radical (unpaired) electrons. The molecule has 0 saturated carbocycles. The largest absolute Gasteiger partial charge is 0.328 e. The van der Waals surface area contributed by atoms with Gasteiger partial charge in [-0.2, -0.15) is 0 Å². The van der Waals surface area contributed by atoms with E-state index in [0.717, 1.165) is 16.5 Å². The Kier molecular flexibility index (Phi) is 3.45. The van der Waals surface area contributed by atoms with Crippen LogP contribution in [0.1, 0.15) is 11.3 Å². The lowest BCUT2D eigenvalue weighted by molar-refractivity contribution is -0.386. The highest BCUT2D eigenvalue weighted by Gasteiger charge is 2.21. The highest BCUT2D eigenvalue weighted by molar-refractivity contribution is 6.31. The summed E-state index contributed by atoms with van der Waals surface area (Å²) in [5.74, 6) is 0. The fourth-order valence-corrected chi connectivity index (χ4v) is 2.41. The Hall–Kier alpha value is -2.60. The highest BCUT2D eigenvalue weighted by atomic mass is 35.5. The van der Waals surface area contributed by atoms with E-state index in [4.69, 9.17) is 11.6 Å². The Bertz CT molecular complexity index is 833. The average molecular weight is 301 g/mol. The Morgan fingerprint density at radius 3 is 2.76 bits per heavy atom. The lowest BCUT2D eigenvalue weighted by Crippen LogP contribution is -2.02. The monoisotopic (exact) mass is 300 g/mol.